The van der Waals surface area contributed by atoms with Gasteiger partial charge in [-0.2, -0.15) is 0 Å². The summed E-state index contributed by atoms with van der Waals surface area (Å²) in [6.45, 7) is 7.19. The molecule has 0 radical (unpaired) electrons. The average molecular weight is 265 g/mol. The fraction of sp³-hybridized carbons (Fsp3) is 0.533. The van der Waals surface area contributed by atoms with E-state index in [1.807, 2.05) is 31.2 Å². The second kappa shape index (κ2) is 8.53. The number of para-hydroxylation sites is 1. The van der Waals surface area contributed by atoms with Gasteiger partial charge < -0.3 is 14.8 Å². The molecule has 0 saturated carbocycles. The Bertz CT molecular complexity index is 393. The summed E-state index contributed by atoms with van der Waals surface area (Å²) < 4.78 is 10.8. The molecule has 0 aliphatic heterocycles. The molecule has 0 heterocycles. The number of rotatable bonds is 8. The largest absolute Gasteiger partial charge is 0.491 e. The smallest absolute Gasteiger partial charge is 0.326 e. The first-order valence-electron chi connectivity index (χ1n) is 6.83. The predicted molar refractivity (Wildman–Crippen MR) is 75.4 cm³/mol. The first-order valence-corrected chi connectivity index (χ1v) is 6.83. The van der Waals surface area contributed by atoms with Crippen molar-refractivity contribution in [1.29, 1.82) is 0 Å². The molecule has 0 spiro atoms. The van der Waals surface area contributed by atoms with Gasteiger partial charge in [-0.05, 0) is 31.5 Å². The van der Waals surface area contributed by atoms with E-state index in [0.29, 0.717) is 13.2 Å². The van der Waals surface area contributed by atoms with Gasteiger partial charge in [0.15, 0.2) is 0 Å². The van der Waals surface area contributed by atoms with Crippen LogP contribution >= 0.6 is 0 Å². The summed E-state index contributed by atoms with van der Waals surface area (Å²) in [6.07, 6.45) is 0.904. The summed E-state index contributed by atoms with van der Waals surface area (Å²) >= 11 is 0. The van der Waals surface area contributed by atoms with Crippen molar-refractivity contribution >= 4 is 5.97 Å². The quantitative estimate of drug-likeness (QED) is 0.732. The molecule has 1 aromatic rings. The molecule has 0 bridgehead atoms. The maximum Gasteiger partial charge on any atom is 0.326 e. The maximum absolute atomic E-state index is 11.7. The van der Waals surface area contributed by atoms with Crippen LogP contribution < -0.4 is 10.1 Å². The molecule has 0 amide bonds. The zero-order valence-corrected chi connectivity index (χ0v) is 11.9. The SMILES string of the molecule is CCNC(COc1ccccc1CC)C(=O)OCC. The summed E-state index contributed by atoms with van der Waals surface area (Å²) in [6, 6.07) is 7.45. The van der Waals surface area contributed by atoms with Gasteiger partial charge in [0, 0.05) is 0 Å². The number of nitrogens with one attached hydrogen (secondary N) is 1. The molecule has 0 aliphatic rings. The van der Waals surface area contributed by atoms with Crippen LogP contribution in [-0.2, 0) is 16.0 Å². The van der Waals surface area contributed by atoms with E-state index in [1.165, 1.54) is 0 Å². The summed E-state index contributed by atoms with van der Waals surface area (Å²) in [5.74, 6) is 0.565. The van der Waals surface area contributed by atoms with Gasteiger partial charge in [-0.15, -0.1) is 0 Å². The Labute approximate surface area is 115 Å². The van der Waals surface area contributed by atoms with Crippen molar-refractivity contribution in [3.05, 3.63) is 29.8 Å². The molecule has 1 atom stereocenters. The van der Waals surface area contributed by atoms with Gasteiger partial charge in [-0.25, -0.2) is 0 Å². The van der Waals surface area contributed by atoms with Crippen LogP contribution in [0.5, 0.6) is 5.75 Å². The Kier molecular flexibility index (Phi) is 6.97. The van der Waals surface area contributed by atoms with Crippen molar-refractivity contribution in [1.82, 2.24) is 5.32 Å². The van der Waals surface area contributed by atoms with Crippen LogP contribution in [0.1, 0.15) is 26.3 Å². The summed E-state index contributed by atoms with van der Waals surface area (Å²) in [5.41, 5.74) is 1.14. The van der Waals surface area contributed by atoms with Crippen LogP contribution in [0, 0.1) is 0 Å². The molecule has 0 aromatic heterocycles. The van der Waals surface area contributed by atoms with E-state index in [4.69, 9.17) is 9.47 Å². The lowest BCUT2D eigenvalue weighted by atomic mass is 10.1. The molecular weight excluding hydrogens is 242 g/mol. The molecule has 19 heavy (non-hydrogen) atoms. The number of carbonyl (C=O) groups is 1. The molecule has 1 rings (SSSR count). The van der Waals surface area contributed by atoms with Crippen molar-refractivity contribution in [2.45, 2.75) is 33.2 Å². The van der Waals surface area contributed by atoms with Crippen LogP contribution in [0.25, 0.3) is 0 Å². The van der Waals surface area contributed by atoms with Crippen molar-refractivity contribution < 1.29 is 14.3 Å². The second-order valence-corrected chi connectivity index (χ2v) is 4.13. The van der Waals surface area contributed by atoms with E-state index in [-0.39, 0.29) is 12.6 Å². The monoisotopic (exact) mass is 265 g/mol. The lowest BCUT2D eigenvalue weighted by molar-refractivity contribution is -0.146. The summed E-state index contributed by atoms with van der Waals surface area (Å²) in [5, 5.41) is 3.08. The molecule has 0 fully saturated rings. The zero-order chi connectivity index (χ0) is 14.1. The number of carbonyl (C=O) groups excluding carboxylic acids is 1. The highest BCUT2D eigenvalue weighted by Gasteiger charge is 2.19. The van der Waals surface area contributed by atoms with Gasteiger partial charge in [0.25, 0.3) is 0 Å². The van der Waals surface area contributed by atoms with Crippen molar-refractivity contribution in [2.24, 2.45) is 0 Å². The summed E-state index contributed by atoms with van der Waals surface area (Å²) in [4.78, 5) is 11.7. The van der Waals surface area contributed by atoms with Crippen molar-refractivity contribution in [3.63, 3.8) is 0 Å². The molecule has 0 saturated heterocycles. The minimum atomic E-state index is -0.421. The molecule has 106 valence electrons. The van der Waals surface area contributed by atoms with Crippen molar-refractivity contribution in [2.75, 3.05) is 19.8 Å². The number of benzene rings is 1. The second-order valence-electron chi connectivity index (χ2n) is 4.13. The topological polar surface area (TPSA) is 47.6 Å². The highest BCUT2D eigenvalue weighted by atomic mass is 16.5. The van der Waals surface area contributed by atoms with E-state index in [1.54, 1.807) is 6.92 Å². The molecule has 1 unspecified atom stereocenters. The van der Waals surface area contributed by atoms with Gasteiger partial charge in [0.2, 0.25) is 0 Å². The number of ether oxygens (including phenoxy) is 2. The van der Waals surface area contributed by atoms with Gasteiger partial charge in [-0.1, -0.05) is 32.0 Å². The minimum absolute atomic E-state index is 0.265. The Morgan fingerprint density at radius 1 is 1.26 bits per heavy atom. The third kappa shape index (κ3) is 4.91. The predicted octanol–water partition coefficient (Wildman–Crippen LogP) is 2.17. The number of likely N-dealkylation sites (N-methyl/N-ethyl adjacent to an activating group) is 1. The Hall–Kier alpha value is -1.55. The van der Waals surface area contributed by atoms with Gasteiger partial charge in [0.05, 0.1) is 6.61 Å². The van der Waals surface area contributed by atoms with Crippen LogP contribution in [0.15, 0.2) is 24.3 Å². The number of esters is 1. The minimum Gasteiger partial charge on any atom is -0.491 e. The number of hydrogen-bond donors (Lipinski definition) is 1. The van der Waals surface area contributed by atoms with E-state index in [0.717, 1.165) is 17.7 Å². The zero-order valence-electron chi connectivity index (χ0n) is 11.9. The first-order chi connectivity index (χ1) is 9.22. The molecule has 4 nitrogen and oxygen atoms in total. The first kappa shape index (κ1) is 15.5. The van der Waals surface area contributed by atoms with E-state index >= 15 is 0 Å². The third-order valence-electron chi connectivity index (χ3n) is 2.78. The molecule has 1 N–H and O–H groups in total. The highest BCUT2D eigenvalue weighted by molar-refractivity contribution is 5.76. The van der Waals surface area contributed by atoms with E-state index in [9.17, 15) is 4.79 Å². The fourth-order valence-electron chi connectivity index (χ4n) is 1.81. The van der Waals surface area contributed by atoms with Gasteiger partial charge >= 0.3 is 5.97 Å². The van der Waals surface area contributed by atoms with Crippen LogP contribution in [0.2, 0.25) is 0 Å². The average Bonchev–Trinajstić information content (AvgIpc) is 2.44. The number of aryl methyl sites for hydroxylation is 1. The van der Waals surface area contributed by atoms with E-state index in [2.05, 4.69) is 12.2 Å². The number of hydrogen-bond acceptors (Lipinski definition) is 4. The molecular formula is C15H23NO3. The molecule has 4 heteroatoms. The van der Waals surface area contributed by atoms with E-state index < -0.39 is 6.04 Å². The lowest BCUT2D eigenvalue weighted by Gasteiger charge is -2.18. The maximum atomic E-state index is 11.7. The van der Waals surface area contributed by atoms with Crippen LogP contribution in [0.4, 0.5) is 0 Å². The Morgan fingerprint density at radius 2 is 2.00 bits per heavy atom. The van der Waals surface area contributed by atoms with Gasteiger partial charge in [0.1, 0.15) is 18.4 Å². The third-order valence-corrected chi connectivity index (χ3v) is 2.78. The normalized spacial score (nSPS) is 11.9. The Balaban J connectivity index is 2.62. The lowest BCUT2D eigenvalue weighted by Crippen LogP contribution is -2.42. The molecule has 1 aromatic carbocycles. The van der Waals surface area contributed by atoms with Gasteiger partial charge in [-0.3, -0.25) is 4.79 Å². The standard InChI is InChI=1S/C15H23NO3/c1-4-12-9-7-8-10-14(12)19-11-13(16-5-2)15(17)18-6-3/h7-10,13,16H,4-6,11H2,1-3H3. The van der Waals surface area contributed by atoms with Crippen molar-refractivity contribution in [3.8, 4) is 5.75 Å². The van der Waals surface area contributed by atoms with Crippen LogP contribution in [0.3, 0.4) is 0 Å². The Morgan fingerprint density at radius 3 is 2.63 bits per heavy atom. The molecule has 0 aliphatic carbocycles. The highest BCUT2D eigenvalue weighted by Crippen LogP contribution is 2.18. The summed E-state index contributed by atoms with van der Waals surface area (Å²) in [7, 11) is 0. The fourth-order valence-corrected chi connectivity index (χ4v) is 1.81. The van der Waals surface area contributed by atoms with Crippen LogP contribution in [-0.4, -0.2) is 31.8 Å².